The van der Waals surface area contributed by atoms with Crippen molar-refractivity contribution in [2.75, 3.05) is 19.8 Å². The van der Waals surface area contributed by atoms with Crippen molar-refractivity contribution in [3.05, 3.63) is 30.3 Å². The van der Waals surface area contributed by atoms with E-state index in [0.29, 0.717) is 42.5 Å². The van der Waals surface area contributed by atoms with Crippen molar-refractivity contribution in [1.82, 2.24) is 10.3 Å². The molecule has 1 atom stereocenters. The summed E-state index contributed by atoms with van der Waals surface area (Å²) in [6.07, 6.45) is 1.66. The SMILES string of the molecule is CC(C)CC(CNC(=O)c1ncoc1-c1ccc2c(c1)OCCO2)C(=O)O. The van der Waals surface area contributed by atoms with Gasteiger partial charge in [0.25, 0.3) is 5.91 Å². The summed E-state index contributed by atoms with van der Waals surface area (Å²) in [7, 11) is 0. The summed E-state index contributed by atoms with van der Waals surface area (Å²) in [6, 6.07) is 5.23. The maximum Gasteiger partial charge on any atom is 0.308 e. The summed E-state index contributed by atoms with van der Waals surface area (Å²) in [4.78, 5) is 27.9. The van der Waals surface area contributed by atoms with Gasteiger partial charge in [0.15, 0.2) is 29.3 Å². The Kier molecular flexibility index (Phi) is 5.63. The van der Waals surface area contributed by atoms with Crippen LogP contribution in [0.4, 0.5) is 0 Å². The number of nitrogens with zero attached hydrogens (tertiary/aromatic N) is 1. The Bertz CT molecular complexity index is 829. The van der Waals surface area contributed by atoms with Crippen LogP contribution in [0, 0.1) is 11.8 Å². The molecule has 1 aliphatic rings. The van der Waals surface area contributed by atoms with Crippen LogP contribution < -0.4 is 14.8 Å². The molecule has 144 valence electrons. The van der Waals surface area contributed by atoms with E-state index in [4.69, 9.17) is 13.9 Å². The zero-order chi connectivity index (χ0) is 19.4. The van der Waals surface area contributed by atoms with Crippen molar-refractivity contribution >= 4 is 11.9 Å². The molecule has 0 spiro atoms. The molecule has 0 saturated heterocycles. The number of carbonyl (C=O) groups is 2. The van der Waals surface area contributed by atoms with Gasteiger partial charge in [0.2, 0.25) is 0 Å². The molecule has 0 fully saturated rings. The third kappa shape index (κ3) is 4.39. The number of fused-ring (bicyclic) bond motifs is 1. The number of hydrogen-bond acceptors (Lipinski definition) is 6. The minimum absolute atomic E-state index is 0.0276. The molecule has 1 unspecified atom stereocenters. The van der Waals surface area contributed by atoms with E-state index in [-0.39, 0.29) is 18.2 Å². The quantitative estimate of drug-likeness (QED) is 0.766. The Hall–Kier alpha value is -3.03. The molecule has 0 aliphatic carbocycles. The van der Waals surface area contributed by atoms with Gasteiger partial charge in [-0.25, -0.2) is 4.98 Å². The molecule has 2 heterocycles. The van der Waals surface area contributed by atoms with Gasteiger partial charge in [-0.1, -0.05) is 13.8 Å². The molecular formula is C19H22N2O6. The molecule has 0 saturated carbocycles. The average Bonchev–Trinajstić information content (AvgIpc) is 3.14. The van der Waals surface area contributed by atoms with Crippen LogP contribution in [0.15, 0.2) is 29.0 Å². The van der Waals surface area contributed by atoms with Crippen molar-refractivity contribution in [2.24, 2.45) is 11.8 Å². The zero-order valence-electron chi connectivity index (χ0n) is 15.2. The Morgan fingerprint density at radius 3 is 2.67 bits per heavy atom. The normalized spacial score (nSPS) is 14.0. The molecule has 2 N–H and O–H groups in total. The summed E-state index contributed by atoms with van der Waals surface area (Å²) in [5.74, 6) is -0.361. The van der Waals surface area contributed by atoms with E-state index >= 15 is 0 Å². The van der Waals surface area contributed by atoms with Crippen LogP contribution in [0.3, 0.4) is 0 Å². The first kappa shape index (κ1) is 18.8. The summed E-state index contributed by atoms with van der Waals surface area (Å²) < 4.78 is 16.4. The number of amides is 1. The lowest BCUT2D eigenvalue weighted by Gasteiger charge is -2.18. The largest absolute Gasteiger partial charge is 0.486 e. The highest BCUT2D eigenvalue weighted by Gasteiger charge is 2.24. The topological polar surface area (TPSA) is 111 Å². The molecule has 3 rings (SSSR count). The summed E-state index contributed by atoms with van der Waals surface area (Å²) in [5, 5.41) is 11.9. The van der Waals surface area contributed by atoms with Crippen LogP contribution >= 0.6 is 0 Å². The smallest absolute Gasteiger partial charge is 0.308 e. The average molecular weight is 374 g/mol. The molecule has 1 aromatic carbocycles. The van der Waals surface area contributed by atoms with Gasteiger partial charge in [0, 0.05) is 12.1 Å². The van der Waals surface area contributed by atoms with Crippen LogP contribution in [0.1, 0.15) is 30.8 Å². The number of carboxylic acid groups (broad SMARTS) is 1. The van der Waals surface area contributed by atoms with Crippen LogP contribution in [0.25, 0.3) is 11.3 Å². The molecule has 8 heteroatoms. The summed E-state index contributed by atoms with van der Waals surface area (Å²) in [5.41, 5.74) is 0.722. The third-order valence-corrected chi connectivity index (χ3v) is 4.20. The predicted octanol–water partition coefficient (Wildman–Crippen LogP) is 2.59. The Morgan fingerprint density at radius 1 is 1.22 bits per heavy atom. The number of oxazole rings is 1. The van der Waals surface area contributed by atoms with Gasteiger partial charge in [-0.05, 0) is 30.5 Å². The van der Waals surface area contributed by atoms with Crippen LogP contribution in [-0.4, -0.2) is 41.7 Å². The van der Waals surface area contributed by atoms with Crippen LogP contribution in [0.2, 0.25) is 0 Å². The van der Waals surface area contributed by atoms with E-state index in [0.717, 1.165) is 0 Å². The summed E-state index contributed by atoms with van der Waals surface area (Å²) >= 11 is 0. The van der Waals surface area contributed by atoms with Gasteiger partial charge >= 0.3 is 5.97 Å². The molecule has 0 radical (unpaired) electrons. The fourth-order valence-corrected chi connectivity index (χ4v) is 2.94. The fourth-order valence-electron chi connectivity index (χ4n) is 2.94. The van der Waals surface area contributed by atoms with E-state index in [2.05, 4.69) is 10.3 Å². The lowest BCUT2D eigenvalue weighted by molar-refractivity contribution is -0.142. The Morgan fingerprint density at radius 2 is 1.96 bits per heavy atom. The van der Waals surface area contributed by atoms with Gasteiger partial charge in [0.05, 0.1) is 5.92 Å². The van der Waals surface area contributed by atoms with E-state index in [9.17, 15) is 14.7 Å². The van der Waals surface area contributed by atoms with Crippen molar-refractivity contribution in [3.63, 3.8) is 0 Å². The van der Waals surface area contributed by atoms with Crippen molar-refractivity contribution < 1.29 is 28.6 Å². The summed E-state index contributed by atoms with van der Waals surface area (Å²) in [6.45, 7) is 4.85. The van der Waals surface area contributed by atoms with Crippen molar-refractivity contribution in [1.29, 1.82) is 0 Å². The molecule has 0 bridgehead atoms. The lowest BCUT2D eigenvalue weighted by Crippen LogP contribution is -2.34. The molecule has 1 aromatic heterocycles. The van der Waals surface area contributed by atoms with Gasteiger partial charge in [-0.15, -0.1) is 0 Å². The van der Waals surface area contributed by atoms with Crippen molar-refractivity contribution in [3.8, 4) is 22.8 Å². The number of aliphatic carboxylic acids is 1. The molecule has 8 nitrogen and oxygen atoms in total. The number of rotatable bonds is 7. The van der Waals surface area contributed by atoms with E-state index in [1.807, 2.05) is 13.8 Å². The molecular weight excluding hydrogens is 352 g/mol. The van der Waals surface area contributed by atoms with E-state index < -0.39 is 17.8 Å². The first-order chi connectivity index (χ1) is 13.0. The molecule has 1 aliphatic heterocycles. The van der Waals surface area contributed by atoms with Gasteiger partial charge in [0.1, 0.15) is 13.2 Å². The predicted molar refractivity (Wildman–Crippen MR) is 95.8 cm³/mol. The van der Waals surface area contributed by atoms with Crippen LogP contribution in [-0.2, 0) is 4.79 Å². The van der Waals surface area contributed by atoms with Gasteiger partial charge in [-0.2, -0.15) is 0 Å². The number of benzene rings is 1. The Balaban J connectivity index is 1.74. The highest BCUT2D eigenvalue weighted by Crippen LogP contribution is 2.35. The van der Waals surface area contributed by atoms with E-state index in [1.165, 1.54) is 6.39 Å². The van der Waals surface area contributed by atoms with Gasteiger partial charge < -0.3 is 24.3 Å². The number of hydrogen-bond donors (Lipinski definition) is 2. The maximum atomic E-state index is 12.5. The highest BCUT2D eigenvalue weighted by atomic mass is 16.6. The standard InChI is InChI=1S/C19H22N2O6/c1-11(2)7-13(19(23)24)9-20-18(22)16-17(27-10-21-16)12-3-4-14-15(8-12)26-6-5-25-14/h3-4,8,10-11,13H,5-7,9H2,1-2H3,(H,20,22)(H,23,24). The first-order valence-electron chi connectivity index (χ1n) is 8.80. The van der Waals surface area contributed by atoms with E-state index in [1.54, 1.807) is 18.2 Å². The first-order valence-corrected chi connectivity index (χ1v) is 8.80. The number of ether oxygens (including phenoxy) is 2. The lowest BCUT2D eigenvalue weighted by atomic mass is 9.97. The Labute approximate surface area is 156 Å². The molecule has 1 amide bonds. The minimum Gasteiger partial charge on any atom is -0.486 e. The molecule has 2 aromatic rings. The second-order valence-electron chi connectivity index (χ2n) is 6.76. The number of aromatic nitrogens is 1. The maximum absolute atomic E-state index is 12.5. The highest BCUT2D eigenvalue weighted by molar-refractivity contribution is 5.97. The number of carbonyl (C=O) groups excluding carboxylic acids is 1. The minimum atomic E-state index is -0.934. The fraction of sp³-hybridized carbons (Fsp3) is 0.421. The third-order valence-electron chi connectivity index (χ3n) is 4.20. The second-order valence-corrected chi connectivity index (χ2v) is 6.76. The van der Waals surface area contributed by atoms with Gasteiger partial charge in [-0.3, -0.25) is 9.59 Å². The number of nitrogens with one attached hydrogen (secondary N) is 1. The second kappa shape index (κ2) is 8.11. The number of carboxylic acids is 1. The monoisotopic (exact) mass is 374 g/mol. The zero-order valence-corrected chi connectivity index (χ0v) is 15.2. The van der Waals surface area contributed by atoms with Crippen LogP contribution in [0.5, 0.6) is 11.5 Å². The molecule has 27 heavy (non-hydrogen) atoms. The van der Waals surface area contributed by atoms with Crippen molar-refractivity contribution in [2.45, 2.75) is 20.3 Å².